The molecule has 1 saturated heterocycles. The Balaban J connectivity index is 1.53. The quantitative estimate of drug-likeness (QED) is 0.930. The van der Waals surface area contributed by atoms with Gasteiger partial charge in [-0.3, -0.25) is 9.88 Å². The number of hydrogen-bond donors (Lipinski definition) is 1. The third-order valence-corrected chi connectivity index (χ3v) is 5.96. The number of nitrogens with zero attached hydrogens (tertiary/aromatic N) is 2. The van der Waals surface area contributed by atoms with Crippen molar-refractivity contribution in [2.45, 2.75) is 31.9 Å². The van der Waals surface area contributed by atoms with Gasteiger partial charge in [0.25, 0.3) is 0 Å². The smallest absolute Gasteiger partial charge is 0.123 e. The minimum absolute atomic E-state index is 0.262. The van der Waals surface area contributed by atoms with Crippen molar-refractivity contribution in [3.8, 4) is 5.75 Å². The fourth-order valence-corrected chi connectivity index (χ4v) is 4.72. The van der Waals surface area contributed by atoms with Crippen LogP contribution in [0.2, 0.25) is 0 Å². The van der Waals surface area contributed by atoms with Crippen LogP contribution >= 0.6 is 0 Å². The van der Waals surface area contributed by atoms with E-state index in [1.165, 1.54) is 11.1 Å². The second-order valence-corrected chi connectivity index (χ2v) is 7.55. The first kappa shape index (κ1) is 16.6. The maximum Gasteiger partial charge on any atom is 0.123 e. The first-order chi connectivity index (χ1) is 12.1. The second kappa shape index (κ2) is 6.43. The number of aromatic nitrogens is 1. The van der Waals surface area contributed by atoms with E-state index in [1.54, 1.807) is 13.3 Å². The van der Waals surface area contributed by atoms with Crippen LogP contribution in [0.3, 0.4) is 0 Å². The van der Waals surface area contributed by atoms with E-state index in [-0.39, 0.29) is 5.92 Å². The molecule has 4 heteroatoms. The number of methoxy groups -OCH3 is 1. The zero-order valence-electron chi connectivity index (χ0n) is 15.0. The number of aryl methyl sites for hydroxylation is 1. The summed E-state index contributed by atoms with van der Waals surface area (Å²) < 4.78 is 5.53. The van der Waals surface area contributed by atoms with Crippen LogP contribution in [-0.2, 0) is 12.1 Å². The standard InChI is InChI=1S/C21H26N2O2/c1-15-6-7-19(25-2)17(11-15)13-23-12-16-8-9-21(24,18(16)14-23)20-5-3-4-10-22-20/h3-7,10-11,16,18,24H,8-9,12-14H2,1-2H3/t16-,18-,21+/m0/s1. The highest BCUT2D eigenvalue weighted by Crippen LogP contribution is 2.50. The van der Waals surface area contributed by atoms with E-state index < -0.39 is 5.60 Å². The van der Waals surface area contributed by atoms with Crippen molar-refractivity contribution in [1.29, 1.82) is 0 Å². The van der Waals surface area contributed by atoms with Gasteiger partial charge in [-0.25, -0.2) is 0 Å². The minimum atomic E-state index is -0.780. The Morgan fingerprint density at radius 1 is 1.28 bits per heavy atom. The number of aliphatic hydroxyl groups is 1. The second-order valence-electron chi connectivity index (χ2n) is 7.55. The molecule has 1 aromatic carbocycles. The molecular formula is C21H26N2O2. The molecule has 1 aliphatic heterocycles. The normalized spacial score (nSPS) is 28.9. The van der Waals surface area contributed by atoms with Gasteiger partial charge in [0, 0.05) is 37.3 Å². The SMILES string of the molecule is COc1ccc(C)cc1CN1C[C@@H]2CC[C@](O)(c3ccccn3)[C@H]2C1. The molecule has 1 N–H and O–H groups in total. The maximum absolute atomic E-state index is 11.3. The highest BCUT2D eigenvalue weighted by atomic mass is 16.5. The Morgan fingerprint density at radius 3 is 2.92 bits per heavy atom. The van der Waals surface area contributed by atoms with E-state index in [0.29, 0.717) is 5.92 Å². The lowest BCUT2D eigenvalue weighted by Crippen LogP contribution is -2.35. The van der Waals surface area contributed by atoms with Crippen molar-refractivity contribution in [2.24, 2.45) is 11.8 Å². The summed E-state index contributed by atoms with van der Waals surface area (Å²) in [4.78, 5) is 6.91. The third-order valence-electron chi connectivity index (χ3n) is 5.96. The zero-order chi connectivity index (χ0) is 17.4. The van der Waals surface area contributed by atoms with Crippen LogP contribution in [0, 0.1) is 18.8 Å². The monoisotopic (exact) mass is 338 g/mol. The highest BCUT2D eigenvalue weighted by molar-refractivity contribution is 5.37. The summed E-state index contributed by atoms with van der Waals surface area (Å²) in [6.45, 7) is 4.93. The highest BCUT2D eigenvalue weighted by Gasteiger charge is 2.53. The lowest BCUT2D eigenvalue weighted by Gasteiger charge is -2.29. The molecule has 2 aliphatic rings. The van der Waals surface area contributed by atoms with Crippen molar-refractivity contribution in [3.63, 3.8) is 0 Å². The first-order valence-electron chi connectivity index (χ1n) is 9.10. The number of rotatable bonds is 4. The predicted molar refractivity (Wildman–Crippen MR) is 97.4 cm³/mol. The van der Waals surface area contributed by atoms with Gasteiger partial charge in [0.1, 0.15) is 11.4 Å². The Morgan fingerprint density at radius 2 is 2.16 bits per heavy atom. The molecule has 3 atom stereocenters. The molecule has 1 aromatic heterocycles. The molecule has 0 bridgehead atoms. The number of likely N-dealkylation sites (tertiary alicyclic amines) is 1. The van der Waals surface area contributed by atoms with Crippen molar-refractivity contribution in [3.05, 3.63) is 59.4 Å². The average molecular weight is 338 g/mol. The summed E-state index contributed by atoms with van der Waals surface area (Å²) >= 11 is 0. The molecule has 2 aromatic rings. The number of ether oxygens (including phenoxy) is 1. The van der Waals surface area contributed by atoms with Crippen molar-refractivity contribution < 1.29 is 9.84 Å². The number of hydrogen-bond acceptors (Lipinski definition) is 4. The summed E-state index contributed by atoms with van der Waals surface area (Å²) in [6.07, 6.45) is 3.67. The molecule has 4 nitrogen and oxygen atoms in total. The van der Waals surface area contributed by atoms with Gasteiger partial charge in [0.2, 0.25) is 0 Å². The molecule has 2 heterocycles. The summed E-state index contributed by atoms with van der Waals surface area (Å²) in [5.41, 5.74) is 2.53. The van der Waals surface area contributed by atoms with Crippen LogP contribution in [0.4, 0.5) is 0 Å². The average Bonchev–Trinajstić information content (AvgIpc) is 3.17. The molecule has 132 valence electrons. The van der Waals surface area contributed by atoms with E-state index in [0.717, 1.165) is 43.9 Å². The van der Waals surface area contributed by atoms with E-state index in [1.807, 2.05) is 24.3 Å². The van der Waals surface area contributed by atoms with E-state index in [9.17, 15) is 5.11 Å². The van der Waals surface area contributed by atoms with Crippen LogP contribution in [0.25, 0.3) is 0 Å². The molecule has 0 radical (unpaired) electrons. The lowest BCUT2D eigenvalue weighted by molar-refractivity contribution is -0.0108. The van der Waals surface area contributed by atoms with Crippen LogP contribution in [-0.4, -0.2) is 35.2 Å². The summed E-state index contributed by atoms with van der Waals surface area (Å²) in [5.74, 6) is 1.75. The molecule has 1 aliphatic carbocycles. The predicted octanol–water partition coefficient (Wildman–Crippen LogP) is 3.13. The van der Waals surface area contributed by atoms with Gasteiger partial charge >= 0.3 is 0 Å². The fraction of sp³-hybridized carbons (Fsp3) is 0.476. The van der Waals surface area contributed by atoms with Gasteiger partial charge in [-0.05, 0) is 43.9 Å². The van der Waals surface area contributed by atoms with Gasteiger partial charge in [-0.1, -0.05) is 23.8 Å². The van der Waals surface area contributed by atoms with Crippen molar-refractivity contribution in [1.82, 2.24) is 9.88 Å². The molecule has 0 spiro atoms. The van der Waals surface area contributed by atoms with Crippen LogP contribution in [0.1, 0.15) is 29.7 Å². The molecular weight excluding hydrogens is 312 g/mol. The summed E-state index contributed by atoms with van der Waals surface area (Å²) in [5, 5.41) is 11.3. The van der Waals surface area contributed by atoms with E-state index in [2.05, 4.69) is 28.9 Å². The molecule has 0 amide bonds. The van der Waals surface area contributed by atoms with Crippen molar-refractivity contribution >= 4 is 0 Å². The molecule has 2 fully saturated rings. The third kappa shape index (κ3) is 2.94. The number of fused-ring (bicyclic) bond motifs is 1. The lowest BCUT2D eigenvalue weighted by atomic mass is 9.85. The summed E-state index contributed by atoms with van der Waals surface area (Å²) in [6, 6.07) is 12.2. The minimum Gasteiger partial charge on any atom is -0.496 e. The van der Waals surface area contributed by atoms with Gasteiger partial charge in [0.05, 0.1) is 12.8 Å². The number of pyridine rings is 1. The Hall–Kier alpha value is -1.91. The molecule has 1 saturated carbocycles. The van der Waals surface area contributed by atoms with Crippen LogP contribution in [0.15, 0.2) is 42.6 Å². The van der Waals surface area contributed by atoms with Gasteiger partial charge in [0.15, 0.2) is 0 Å². The topological polar surface area (TPSA) is 45.6 Å². The summed E-state index contributed by atoms with van der Waals surface area (Å²) in [7, 11) is 1.73. The number of benzene rings is 1. The maximum atomic E-state index is 11.3. The Kier molecular flexibility index (Phi) is 4.26. The van der Waals surface area contributed by atoms with E-state index in [4.69, 9.17) is 4.74 Å². The Bertz CT molecular complexity index is 749. The van der Waals surface area contributed by atoms with Gasteiger partial charge < -0.3 is 9.84 Å². The van der Waals surface area contributed by atoms with Crippen LogP contribution < -0.4 is 4.74 Å². The molecule has 25 heavy (non-hydrogen) atoms. The largest absolute Gasteiger partial charge is 0.496 e. The first-order valence-corrected chi connectivity index (χ1v) is 9.10. The van der Waals surface area contributed by atoms with Crippen molar-refractivity contribution in [2.75, 3.05) is 20.2 Å². The fourth-order valence-electron chi connectivity index (χ4n) is 4.72. The zero-order valence-corrected chi connectivity index (χ0v) is 15.0. The van der Waals surface area contributed by atoms with E-state index >= 15 is 0 Å². The van der Waals surface area contributed by atoms with Gasteiger partial charge in [-0.2, -0.15) is 0 Å². The van der Waals surface area contributed by atoms with Gasteiger partial charge in [-0.15, -0.1) is 0 Å². The Labute approximate surface area is 149 Å². The van der Waals surface area contributed by atoms with Crippen LogP contribution in [0.5, 0.6) is 5.75 Å². The molecule has 0 unspecified atom stereocenters. The molecule has 4 rings (SSSR count).